The van der Waals surface area contributed by atoms with Crippen LogP contribution in [0.3, 0.4) is 0 Å². The van der Waals surface area contributed by atoms with Crippen molar-refractivity contribution in [2.45, 2.75) is 65.2 Å². The van der Waals surface area contributed by atoms with Crippen molar-refractivity contribution < 1.29 is 14.6 Å². The van der Waals surface area contributed by atoms with Gasteiger partial charge in [0.1, 0.15) is 5.75 Å². The van der Waals surface area contributed by atoms with Crippen LogP contribution in [0, 0.1) is 6.92 Å². The van der Waals surface area contributed by atoms with Crippen LogP contribution in [-0.2, 0) is 13.1 Å². The van der Waals surface area contributed by atoms with Gasteiger partial charge in [0.2, 0.25) is 0 Å². The Morgan fingerprint density at radius 1 is 1.16 bits per heavy atom. The van der Waals surface area contributed by atoms with Gasteiger partial charge >= 0.3 is 6.09 Å². The molecule has 1 aromatic heterocycles. The van der Waals surface area contributed by atoms with Crippen molar-refractivity contribution in [3.05, 3.63) is 64.1 Å². The van der Waals surface area contributed by atoms with E-state index in [1.54, 1.807) is 11.7 Å². The molecule has 38 heavy (non-hydrogen) atoms. The number of rotatable bonds is 8. The number of anilines is 1. The second-order valence-electron chi connectivity index (χ2n) is 11.0. The van der Waals surface area contributed by atoms with Crippen LogP contribution in [0.25, 0.3) is 11.0 Å². The number of amides is 1. The summed E-state index contributed by atoms with van der Waals surface area (Å²) >= 11 is 0. The third kappa shape index (κ3) is 6.34. The van der Waals surface area contributed by atoms with Crippen molar-refractivity contribution in [3.8, 4) is 5.75 Å². The molecule has 204 valence electrons. The number of hydrogen-bond acceptors (Lipinski definition) is 6. The van der Waals surface area contributed by atoms with Crippen LogP contribution in [0.1, 0.15) is 44.7 Å². The van der Waals surface area contributed by atoms with Gasteiger partial charge in [-0.25, -0.2) is 9.78 Å². The van der Waals surface area contributed by atoms with Gasteiger partial charge in [-0.1, -0.05) is 12.1 Å². The van der Waals surface area contributed by atoms with Gasteiger partial charge in [-0.15, -0.1) is 0 Å². The Morgan fingerprint density at radius 3 is 2.55 bits per heavy atom. The predicted molar refractivity (Wildman–Crippen MR) is 150 cm³/mol. The molecule has 0 radical (unpaired) electrons. The summed E-state index contributed by atoms with van der Waals surface area (Å²) in [6.45, 7) is 11.7. The number of likely N-dealkylation sites (tertiary alicyclic amines) is 1. The molecule has 0 spiro atoms. The molecule has 9 nitrogen and oxygen atoms in total. The van der Waals surface area contributed by atoms with Crippen molar-refractivity contribution in [1.82, 2.24) is 19.8 Å². The number of benzene rings is 2. The third-order valence-corrected chi connectivity index (χ3v) is 7.25. The molecule has 1 aliphatic rings. The lowest BCUT2D eigenvalue weighted by atomic mass is 10.0. The number of carboxylic acid groups (broad SMARTS) is 1. The Morgan fingerprint density at radius 2 is 1.89 bits per heavy atom. The fourth-order valence-electron chi connectivity index (χ4n) is 5.12. The van der Waals surface area contributed by atoms with Crippen LogP contribution < -0.4 is 20.5 Å². The Hall–Kier alpha value is -3.43. The molecule has 2 heterocycles. The molecule has 3 aromatic rings. The average Bonchev–Trinajstić information content (AvgIpc) is 2.87. The zero-order valence-electron chi connectivity index (χ0n) is 23.0. The molecule has 1 aliphatic heterocycles. The number of aromatic nitrogens is 2. The van der Waals surface area contributed by atoms with E-state index in [4.69, 9.17) is 4.74 Å². The second-order valence-corrected chi connectivity index (χ2v) is 11.0. The first-order valence-corrected chi connectivity index (χ1v) is 13.2. The largest absolute Gasteiger partial charge is 0.497 e. The van der Waals surface area contributed by atoms with Gasteiger partial charge in [-0.05, 0) is 83.0 Å². The van der Waals surface area contributed by atoms with Crippen LogP contribution in [0.5, 0.6) is 5.75 Å². The molecule has 0 atom stereocenters. The Labute approximate surface area is 224 Å². The standard InChI is InChI=1S/C29H39N5O4/c1-20-6-7-21(16-25(20)34(28(36)37)29(2,3)4)18-30-22-10-12-32(13-11-22)14-15-33-26-17-23(38-5)8-9-24(26)31-19-27(33)35/h6-9,16-17,19,22,30H,10-15,18H2,1-5H3,(H,36,37). The van der Waals surface area contributed by atoms with Crippen molar-refractivity contribution >= 4 is 22.8 Å². The van der Waals surface area contributed by atoms with E-state index in [-0.39, 0.29) is 5.56 Å². The lowest BCUT2D eigenvalue weighted by Gasteiger charge is -2.35. The first-order chi connectivity index (χ1) is 18.1. The normalized spacial score (nSPS) is 15.1. The topological polar surface area (TPSA) is 99.9 Å². The van der Waals surface area contributed by atoms with Crippen molar-refractivity contribution in [1.29, 1.82) is 0 Å². The predicted octanol–water partition coefficient (Wildman–Crippen LogP) is 4.25. The average molecular weight is 522 g/mol. The van der Waals surface area contributed by atoms with E-state index in [2.05, 4.69) is 21.3 Å². The van der Waals surface area contributed by atoms with E-state index < -0.39 is 11.6 Å². The minimum Gasteiger partial charge on any atom is -0.497 e. The van der Waals surface area contributed by atoms with E-state index in [1.165, 1.54) is 11.1 Å². The summed E-state index contributed by atoms with van der Waals surface area (Å²) in [5.74, 6) is 0.709. The van der Waals surface area contributed by atoms with Crippen molar-refractivity contribution in [2.75, 3.05) is 31.6 Å². The number of ether oxygens (including phenoxy) is 1. The molecule has 2 N–H and O–H groups in total. The van der Waals surface area contributed by atoms with Gasteiger partial charge in [-0.3, -0.25) is 9.69 Å². The molecule has 4 rings (SSSR count). The molecule has 0 aliphatic carbocycles. The van der Waals surface area contributed by atoms with Gasteiger partial charge in [-0.2, -0.15) is 0 Å². The highest BCUT2D eigenvalue weighted by atomic mass is 16.5. The van der Waals surface area contributed by atoms with Crippen molar-refractivity contribution in [2.24, 2.45) is 0 Å². The van der Waals surface area contributed by atoms with E-state index in [0.717, 1.165) is 60.3 Å². The zero-order chi connectivity index (χ0) is 27.4. The number of aryl methyl sites for hydroxylation is 1. The van der Waals surface area contributed by atoms with Crippen LogP contribution in [0.15, 0.2) is 47.4 Å². The van der Waals surface area contributed by atoms with Gasteiger partial charge in [0.15, 0.2) is 0 Å². The van der Waals surface area contributed by atoms with Crippen LogP contribution in [0.4, 0.5) is 10.5 Å². The number of carbonyl (C=O) groups is 1. The highest BCUT2D eigenvalue weighted by Gasteiger charge is 2.29. The molecule has 0 bridgehead atoms. The highest BCUT2D eigenvalue weighted by molar-refractivity contribution is 5.88. The summed E-state index contributed by atoms with van der Waals surface area (Å²) in [7, 11) is 1.62. The fourth-order valence-corrected chi connectivity index (χ4v) is 5.12. The maximum Gasteiger partial charge on any atom is 0.412 e. The number of nitrogens with zero attached hydrogens (tertiary/aromatic N) is 4. The second kappa shape index (κ2) is 11.5. The van der Waals surface area contributed by atoms with E-state index in [9.17, 15) is 14.7 Å². The van der Waals surface area contributed by atoms with Gasteiger partial charge in [0.25, 0.3) is 5.56 Å². The summed E-state index contributed by atoms with van der Waals surface area (Å²) in [5, 5.41) is 13.5. The van der Waals surface area contributed by atoms with Gasteiger partial charge in [0, 0.05) is 37.3 Å². The summed E-state index contributed by atoms with van der Waals surface area (Å²) in [6.07, 6.45) is 2.47. The maximum absolute atomic E-state index is 12.6. The highest BCUT2D eigenvalue weighted by Crippen LogP contribution is 2.29. The van der Waals surface area contributed by atoms with Crippen LogP contribution in [-0.4, -0.2) is 64.0 Å². The van der Waals surface area contributed by atoms with E-state index in [0.29, 0.717) is 24.9 Å². The number of nitrogens with one attached hydrogen (secondary N) is 1. The molecule has 9 heteroatoms. The molecule has 1 fully saturated rings. The lowest BCUT2D eigenvalue weighted by Crippen LogP contribution is -2.45. The first kappa shape index (κ1) is 27.6. The molecular weight excluding hydrogens is 482 g/mol. The SMILES string of the molecule is COc1ccc2ncc(=O)n(CCN3CCC(NCc4ccc(C)c(N(C(=O)O)C(C)(C)C)c4)CC3)c2c1. The number of piperidine rings is 1. The van der Waals surface area contributed by atoms with Crippen molar-refractivity contribution in [3.63, 3.8) is 0 Å². The van der Waals surface area contributed by atoms with E-state index in [1.807, 2.05) is 58.0 Å². The lowest BCUT2D eigenvalue weighted by molar-refractivity contribution is 0.191. The fraction of sp³-hybridized carbons (Fsp3) is 0.483. The Balaban J connectivity index is 1.33. The zero-order valence-corrected chi connectivity index (χ0v) is 23.0. The summed E-state index contributed by atoms with van der Waals surface area (Å²) in [5.41, 5.74) is 3.68. The minimum atomic E-state index is -0.945. The number of fused-ring (bicyclic) bond motifs is 1. The summed E-state index contributed by atoms with van der Waals surface area (Å²) in [4.78, 5) is 32.6. The first-order valence-electron chi connectivity index (χ1n) is 13.2. The minimum absolute atomic E-state index is 0.104. The molecular formula is C29H39N5O4. The number of methoxy groups -OCH3 is 1. The van der Waals surface area contributed by atoms with E-state index >= 15 is 0 Å². The quantitative estimate of drug-likeness (QED) is 0.457. The van der Waals surface area contributed by atoms with Crippen LogP contribution in [0.2, 0.25) is 0 Å². The number of hydrogen-bond donors (Lipinski definition) is 2. The Bertz CT molecular complexity index is 1340. The summed E-state index contributed by atoms with van der Waals surface area (Å²) < 4.78 is 7.12. The summed E-state index contributed by atoms with van der Waals surface area (Å²) in [6, 6.07) is 12.0. The molecule has 0 saturated carbocycles. The third-order valence-electron chi connectivity index (χ3n) is 7.25. The molecule has 0 unspecified atom stereocenters. The monoisotopic (exact) mass is 521 g/mol. The molecule has 1 amide bonds. The maximum atomic E-state index is 12.6. The smallest absolute Gasteiger partial charge is 0.412 e. The van der Waals surface area contributed by atoms with Gasteiger partial charge in [0.05, 0.1) is 30.0 Å². The van der Waals surface area contributed by atoms with Crippen LogP contribution >= 0.6 is 0 Å². The van der Waals surface area contributed by atoms with Gasteiger partial charge < -0.3 is 24.6 Å². The molecule has 2 aromatic carbocycles. The Kier molecular flexibility index (Phi) is 8.38. The molecule has 1 saturated heterocycles.